The molecule has 0 saturated carbocycles. The van der Waals surface area contributed by atoms with Crippen LogP contribution in [0.4, 0.5) is 11.4 Å². The zero-order valence-electron chi connectivity index (χ0n) is 9.09. The van der Waals surface area contributed by atoms with Gasteiger partial charge in [-0.05, 0) is 24.1 Å². The van der Waals surface area contributed by atoms with Gasteiger partial charge in [0.25, 0.3) is 0 Å². The van der Waals surface area contributed by atoms with Gasteiger partial charge in [-0.2, -0.15) is 0 Å². The first-order chi connectivity index (χ1) is 7.13. The van der Waals surface area contributed by atoms with E-state index in [-0.39, 0.29) is 0 Å². The second-order valence-electron chi connectivity index (χ2n) is 3.67. The Morgan fingerprint density at radius 1 is 1.53 bits per heavy atom. The van der Waals surface area contributed by atoms with Crippen molar-refractivity contribution in [3.05, 3.63) is 22.7 Å². The number of nitrogens with two attached hydrogens (primary N) is 1. The SMILES string of the molecule is COCC(C)CNc1cc(Br)ccc1N. The van der Waals surface area contributed by atoms with E-state index in [1.165, 1.54) is 0 Å². The van der Waals surface area contributed by atoms with Crippen LogP contribution in [0.1, 0.15) is 6.92 Å². The van der Waals surface area contributed by atoms with E-state index in [1.807, 2.05) is 18.2 Å². The summed E-state index contributed by atoms with van der Waals surface area (Å²) in [4.78, 5) is 0. The Morgan fingerprint density at radius 2 is 2.27 bits per heavy atom. The third kappa shape index (κ3) is 4.10. The Kier molecular flexibility index (Phi) is 4.91. The predicted molar refractivity (Wildman–Crippen MR) is 68.1 cm³/mol. The van der Waals surface area contributed by atoms with Crippen LogP contribution in [0.5, 0.6) is 0 Å². The predicted octanol–water partition coefficient (Wildman–Crippen LogP) is 2.73. The van der Waals surface area contributed by atoms with E-state index in [0.29, 0.717) is 5.92 Å². The summed E-state index contributed by atoms with van der Waals surface area (Å²) in [5, 5.41) is 3.30. The van der Waals surface area contributed by atoms with Gasteiger partial charge in [0.05, 0.1) is 18.0 Å². The molecule has 1 aromatic rings. The molecule has 0 heterocycles. The molecule has 0 aliphatic heterocycles. The molecule has 0 amide bonds. The number of hydrogen-bond acceptors (Lipinski definition) is 3. The van der Waals surface area contributed by atoms with Crippen molar-refractivity contribution in [3.63, 3.8) is 0 Å². The average Bonchev–Trinajstić information content (AvgIpc) is 2.20. The fourth-order valence-electron chi connectivity index (χ4n) is 1.31. The molecule has 1 rings (SSSR count). The monoisotopic (exact) mass is 272 g/mol. The fourth-order valence-corrected chi connectivity index (χ4v) is 1.67. The van der Waals surface area contributed by atoms with E-state index in [2.05, 4.69) is 28.2 Å². The van der Waals surface area contributed by atoms with E-state index >= 15 is 0 Å². The fraction of sp³-hybridized carbons (Fsp3) is 0.455. The molecule has 0 aliphatic carbocycles. The van der Waals surface area contributed by atoms with Gasteiger partial charge >= 0.3 is 0 Å². The molecule has 0 aromatic heterocycles. The zero-order chi connectivity index (χ0) is 11.3. The summed E-state index contributed by atoms with van der Waals surface area (Å²) in [6.45, 7) is 3.74. The molecule has 1 atom stereocenters. The second-order valence-corrected chi connectivity index (χ2v) is 4.59. The van der Waals surface area contributed by atoms with Crippen LogP contribution in [-0.4, -0.2) is 20.3 Å². The number of ether oxygens (including phenoxy) is 1. The Bertz CT molecular complexity index is 317. The molecular weight excluding hydrogens is 256 g/mol. The molecule has 0 bridgehead atoms. The first-order valence-electron chi connectivity index (χ1n) is 4.91. The third-order valence-electron chi connectivity index (χ3n) is 2.11. The van der Waals surface area contributed by atoms with E-state index in [0.717, 1.165) is 29.0 Å². The molecule has 0 radical (unpaired) electrons. The summed E-state index contributed by atoms with van der Waals surface area (Å²) in [6.07, 6.45) is 0. The lowest BCUT2D eigenvalue weighted by atomic mass is 10.2. The van der Waals surface area contributed by atoms with Crippen molar-refractivity contribution >= 4 is 27.3 Å². The summed E-state index contributed by atoms with van der Waals surface area (Å²) in [6, 6.07) is 5.79. The molecule has 1 unspecified atom stereocenters. The minimum Gasteiger partial charge on any atom is -0.397 e. The van der Waals surface area contributed by atoms with Crippen molar-refractivity contribution in [1.82, 2.24) is 0 Å². The summed E-state index contributed by atoms with van der Waals surface area (Å²) in [5.74, 6) is 0.466. The van der Waals surface area contributed by atoms with Crippen LogP contribution in [-0.2, 0) is 4.74 Å². The van der Waals surface area contributed by atoms with Crippen molar-refractivity contribution in [1.29, 1.82) is 0 Å². The molecule has 0 spiro atoms. The number of nitrogens with one attached hydrogen (secondary N) is 1. The second kappa shape index (κ2) is 5.98. The quantitative estimate of drug-likeness (QED) is 0.811. The number of methoxy groups -OCH3 is 1. The number of anilines is 2. The minimum atomic E-state index is 0.466. The van der Waals surface area contributed by atoms with Crippen molar-refractivity contribution in [2.45, 2.75) is 6.92 Å². The molecule has 15 heavy (non-hydrogen) atoms. The Morgan fingerprint density at radius 3 is 2.93 bits per heavy atom. The van der Waals surface area contributed by atoms with Crippen molar-refractivity contribution in [2.24, 2.45) is 5.92 Å². The number of rotatable bonds is 5. The normalized spacial score (nSPS) is 12.5. The number of nitrogen functional groups attached to an aromatic ring is 1. The molecular formula is C11H17BrN2O. The highest BCUT2D eigenvalue weighted by Crippen LogP contribution is 2.23. The largest absolute Gasteiger partial charge is 0.397 e. The van der Waals surface area contributed by atoms with E-state index in [1.54, 1.807) is 7.11 Å². The third-order valence-corrected chi connectivity index (χ3v) is 2.60. The van der Waals surface area contributed by atoms with Crippen LogP contribution in [0.2, 0.25) is 0 Å². The van der Waals surface area contributed by atoms with E-state index < -0.39 is 0 Å². The smallest absolute Gasteiger partial charge is 0.0585 e. The average molecular weight is 273 g/mol. The molecule has 0 aliphatic rings. The Balaban J connectivity index is 2.53. The van der Waals surface area contributed by atoms with Gasteiger partial charge in [-0.15, -0.1) is 0 Å². The lowest BCUT2D eigenvalue weighted by Gasteiger charge is -2.14. The number of benzene rings is 1. The highest BCUT2D eigenvalue weighted by molar-refractivity contribution is 9.10. The van der Waals surface area contributed by atoms with Crippen molar-refractivity contribution < 1.29 is 4.74 Å². The van der Waals surface area contributed by atoms with Gasteiger partial charge in [0.15, 0.2) is 0 Å². The Hall–Kier alpha value is -0.740. The lowest BCUT2D eigenvalue weighted by Crippen LogP contribution is -2.16. The summed E-state index contributed by atoms with van der Waals surface area (Å²) in [5.41, 5.74) is 7.57. The molecule has 0 saturated heterocycles. The van der Waals surface area contributed by atoms with Crippen LogP contribution in [0, 0.1) is 5.92 Å². The summed E-state index contributed by atoms with van der Waals surface area (Å²) in [7, 11) is 1.71. The molecule has 4 heteroatoms. The summed E-state index contributed by atoms with van der Waals surface area (Å²) >= 11 is 3.41. The van der Waals surface area contributed by atoms with Crippen molar-refractivity contribution in [3.8, 4) is 0 Å². The van der Waals surface area contributed by atoms with E-state index in [9.17, 15) is 0 Å². The van der Waals surface area contributed by atoms with Crippen LogP contribution in [0.25, 0.3) is 0 Å². The van der Waals surface area contributed by atoms with Gasteiger partial charge < -0.3 is 15.8 Å². The van der Waals surface area contributed by atoms with E-state index in [4.69, 9.17) is 10.5 Å². The molecule has 3 N–H and O–H groups in total. The summed E-state index contributed by atoms with van der Waals surface area (Å²) < 4.78 is 6.09. The lowest BCUT2D eigenvalue weighted by molar-refractivity contribution is 0.164. The topological polar surface area (TPSA) is 47.3 Å². The van der Waals surface area contributed by atoms with Gasteiger partial charge in [-0.3, -0.25) is 0 Å². The maximum atomic E-state index is 5.84. The van der Waals surface area contributed by atoms with Gasteiger partial charge in [-0.1, -0.05) is 22.9 Å². The Labute approximate surface area is 99.1 Å². The van der Waals surface area contributed by atoms with Crippen LogP contribution in [0.15, 0.2) is 22.7 Å². The standard InChI is InChI=1S/C11H17BrN2O/c1-8(7-15-2)6-14-11-5-9(12)3-4-10(11)13/h3-5,8,14H,6-7,13H2,1-2H3. The first kappa shape index (κ1) is 12.3. The highest BCUT2D eigenvalue weighted by atomic mass is 79.9. The molecule has 3 nitrogen and oxygen atoms in total. The maximum Gasteiger partial charge on any atom is 0.0585 e. The van der Waals surface area contributed by atoms with Crippen LogP contribution < -0.4 is 11.1 Å². The first-order valence-corrected chi connectivity index (χ1v) is 5.70. The van der Waals surface area contributed by atoms with Gasteiger partial charge in [0.2, 0.25) is 0 Å². The van der Waals surface area contributed by atoms with Crippen LogP contribution >= 0.6 is 15.9 Å². The van der Waals surface area contributed by atoms with Crippen molar-refractivity contribution in [2.75, 3.05) is 31.3 Å². The number of hydrogen-bond donors (Lipinski definition) is 2. The van der Waals surface area contributed by atoms with Gasteiger partial charge in [-0.25, -0.2) is 0 Å². The minimum absolute atomic E-state index is 0.466. The molecule has 0 fully saturated rings. The molecule has 1 aromatic carbocycles. The molecule has 84 valence electrons. The maximum absolute atomic E-state index is 5.84. The van der Waals surface area contributed by atoms with Gasteiger partial charge in [0.1, 0.15) is 0 Å². The zero-order valence-corrected chi connectivity index (χ0v) is 10.7. The van der Waals surface area contributed by atoms with Crippen LogP contribution in [0.3, 0.4) is 0 Å². The van der Waals surface area contributed by atoms with Gasteiger partial charge in [0, 0.05) is 18.1 Å². The number of halogens is 1. The highest BCUT2D eigenvalue weighted by Gasteiger charge is 2.03.